The van der Waals surface area contributed by atoms with Crippen LogP contribution in [0.1, 0.15) is 50.2 Å². The Kier molecular flexibility index (Phi) is 8.25. The summed E-state index contributed by atoms with van der Waals surface area (Å²) in [5.74, 6) is 1.34. The smallest absolute Gasteiger partial charge is 0.306 e. The Balaban J connectivity index is 1.83. The Bertz CT molecular complexity index is 612. The average molecular weight is 361 g/mol. The number of fused-ring (bicyclic) bond motifs is 1. The highest BCUT2D eigenvalue weighted by atomic mass is 16.5. The van der Waals surface area contributed by atoms with Crippen molar-refractivity contribution in [2.75, 3.05) is 19.8 Å². The third-order valence-corrected chi connectivity index (χ3v) is 4.62. The molecule has 1 aromatic rings. The quantitative estimate of drug-likeness (QED) is 0.231. The molecule has 144 valence electrons. The molecule has 1 aromatic carbocycles. The minimum Gasteiger partial charge on any atom is -0.494 e. The molecule has 1 unspecified atom stereocenters. The molecule has 0 spiro atoms. The number of hydrogen-bond donors (Lipinski definition) is 2. The summed E-state index contributed by atoms with van der Waals surface area (Å²) in [4.78, 5) is 15.7. The molecule has 0 fully saturated rings. The third kappa shape index (κ3) is 6.94. The highest BCUT2D eigenvalue weighted by Gasteiger charge is 2.20. The summed E-state index contributed by atoms with van der Waals surface area (Å²) in [6.07, 6.45) is 6.46. The first-order valence-electron chi connectivity index (χ1n) is 9.54. The number of aryl methyl sites for hydroxylation is 1. The molecule has 0 bridgehead atoms. The minimum atomic E-state index is -0.0818. The number of benzene rings is 1. The average Bonchev–Trinajstić information content (AvgIpc) is 2.79. The van der Waals surface area contributed by atoms with Crippen molar-refractivity contribution in [3.05, 3.63) is 29.3 Å². The maximum Gasteiger partial charge on any atom is 0.306 e. The number of aliphatic imine (C=N–C) groups is 1. The molecule has 0 saturated heterocycles. The zero-order chi connectivity index (χ0) is 18.8. The molecule has 0 radical (unpaired) electrons. The van der Waals surface area contributed by atoms with Gasteiger partial charge in [0.15, 0.2) is 5.96 Å². The molecular formula is C20H31N3O3. The van der Waals surface area contributed by atoms with Gasteiger partial charge in [-0.15, -0.1) is 0 Å². The molecule has 1 aliphatic rings. The zero-order valence-corrected chi connectivity index (χ0v) is 15.7. The normalized spacial score (nSPS) is 16.3. The fraction of sp³-hybridized carbons (Fsp3) is 0.600. The Morgan fingerprint density at radius 1 is 1.27 bits per heavy atom. The van der Waals surface area contributed by atoms with Crippen molar-refractivity contribution in [3.63, 3.8) is 0 Å². The van der Waals surface area contributed by atoms with Crippen LogP contribution in [0.5, 0.6) is 5.75 Å². The second-order valence-corrected chi connectivity index (χ2v) is 6.76. The van der Waals surface area contributed by atoms with E-state index in [4.69, 9.17) is 20.9 Å². The Morgan fingerprint density at radius 3 is 2.88 bits per heavy atom. The Labute approximate surface area is 155 Å². The number of nitrogens with two attached hydrogens (primary N) is 2. The van der Waals surface area contributed by atoms with Crippen LogP contribution in [-0.4, -0.2) is 31.7 Å². The monoisotopic (exact) mass is 361 g/mol. The van der Waals surface area contributed by atoms with Gasteiger partial charge in [0.25, 0.3) is 0 Å². The van der Waals surface area contributed by atoms with E-state index in [1.165, 1.54) is 11.1 Å². The van der Waals surface area contributed by atoms with Gasteiger partial charge >= 0.3 is 5.97 Å². The standard InChI is InChI=1S/C20H31N3O3/c1-2-25-19(24)13-15-6-5-7-16-14-18(9-8-17(16)12-15)26-11-4-3-10-23-20(21)22/h8-9,14-15H,2-7,10-13H2,1H3,(H4,21,22,23). The van der Waals surface area contributed by atoms with Gasteiger partial charge in [0, 0.05) is 13.0 Å². The van der Waals surface area contributed by atoms with Gasteiger partial charge in [-0.05, 0) is 74.6 Å². The van der Waals surface area contributed by atoms with Gasteiger partial charge in [-0.3, -0.25) is 9.79 Å². The Hall–Kier alpha value is -2.24. The lowest BCUT2D eigenvalue weighted by molar-refractivity contribution is -0.144. The van der Waals surface area contributed by atoms with Crippen LogP contribution in [0.25, 0.3) is 0 Å². The lowest BCUT2D eigenvalue weighted by atomic mass is 9.94. The molecule has 2 rings (SSSR count). The second-order valence-electron chi connectivity index (χ2n) is 6.76. The first-order valence-corrected chi connectivity index (χ1v) is 9.54. The summed E-state index contributed by atoms with van der Waals surface area (Å²) in [5, 5.41) is 0. The van der Waals surface area contributed by atoms with E-state index in [0.717, 1.165) is 44.3 Å². The molecule has 0 aliphatic heterocycles. The number of rotatable bonds is 9. The number of ether oxygens (including phenoxy) is 2. The van der Waals surface area contributed by atoms with E-state index in [2.05, 4.69) is 17.1 Å². The fourth-order valence-corrected chi connectivity index (χ4v) is 3.36. The van der Waals surface area contributed by atoms with Crippen molar-refractivity contribution in [1.29, 1.82) is 0 Å². The van der Waals surface area contributed by atoms with E-state index >= 15 is 0 Å². The van der Waals surface area contributed by atoms with E-state index in [-0.39, 0.29) is 11.9 Å². The molecule has 0 amide bonds. The molecule has 4 N–H and O–H groups in total. The zero-order valence-electron chi connectivity index (χ0n) is 15.7. The van der Waals surface area contributed by atoms with Crippen LogP contribution in [0, 0.1) is 5.92 Å². The number of carbonyl (C=O) groups is 1. The van der Waals surface area contributed by atoms with Crippen molar-refractivity contribution >= 4 is 11.9 Å². The van der Waals surface area contributed by atoms with Crippen molar-refractivity contribution < 1.29 is 14.3 Å². The lowest BCUT2D eigenvalue weighted by Gasteiger charge is -2.14. The summed E-state index contributed by atoms with van der Waals surface area (Å²) < 4.78 is 11.0. The van der Waals surface area contributed by atoms with Gasteiger partial charge in [-0.25, -0.2) is 0 Å². The maximum atomic E-state index is 11.8. The van der Waals surface area contributed by atoms with Crippen LogP contribution in [0.2, 0.25) is 0 Å². The van der Waals surface area contributed by atoms with E-state index < -0.39 is 0 Å². The maximum absolute atomic E-state index is 11.8. The second kappa shape index (κ2) is 10.7. The van der Waals surface area contributed by atoms with E-state index in [9.17, 15) is 4.79 Å². The van der Waals surface area contributed by atoms with Gasteiger partial charge in [0.1, 0.15) is 5.75 Å². The largest absolute Gasteiger partial charge is 0.494 e. The van der Waals surface area contributed by atoms with E-state index in [1.807, 2.05) is 13.0 Å². The molecule has 26 heavy (non-hydrogen) atoms. The molecule has 1 atom stereocenters. The van der Waals surface area contributed by atoms with E-state index in [1.54, 1.807) is 0 Å². The predicted octanol–water partition coefficient (Wildman–Crippen LogP) is 2.57. The summed E-state index contributed by atoms with van der Waals surface area (Å²) in [6.45, 7) is 3.60. The van der Waals surface area contributed by atoms with Crippen molar-refractivity contribution in [2.45, 2.75) is 51.9 Å². The number of unbranched alkanes of at least 4 members (excludes halogenated alkanes) is 1. The van der Waals surface area contributed by atoms with Crippen LogP contribution in [0.3, 0.4) is 0 Å². The SMILES string of the molecule is CCOC(=O)CC1CCCc2cc(OCCCCN=C(N)N)ccc2C1. The third-order valence-electron chi connectivity index (χ3n) is 4.62. The highest BCUT2D eigenvalue weighted by molar-refractivity contribution is 5.75. The molecule has 6 nitrogen and oxygen atoms in total. The first-order chi connectivity index (χ1) is 12.6. The van der Waals surface area contributed by atoms with Crippen molar-refractivity contribution in [1.82, 2.24) is 0 Å². The van der Waals surface area contributed by atoms with Crippen LogP contribution in [0.15, 0.2) is 23.2 Å². The number of hydrogen-bond acceptors (Lipinski definition) is 4. The molecule has 1 aliphatic carbocycles. The summed E-state index contributed by atoms with van der Waals surface area (Å²) in [7, 11) is 0. The number of carbonyl (C=O) groups excluding carboxylic acids is 1. The van der Waals surface area contributed by atoms with Gasteiger partial charge < -0.3 is 20.9 Å². The summed E-state index contributed by atoms with van der Waals surface area (Å²) in [5.41, 5.74) is 13.3. The predicted molar refractivity (Wildman–Crippen MR) is 103 cm³/mol. The number of esters is 1. The first kappa shape index (κ1) is 20.1. The van der Waals surface area contributed by atoms with Gasteiger partial charge in [0.2, 0.25) is 0 Å². The number of nitrogens with zero attached hydrogens (tertiary/aromatic N) is 1. The van der Waals surface area contributed by atoms with Crippen molar-refractivity contribution in [3.8, 4) is 5.75 Å². The Morgan fingerprint density at radius 2 is 2.12 bits per heavy atom. The molecule has 6 heteroatoms. The van der Waals surface area contributed by atoms with Crippen LogP contribution < -0.4 is 16.2 Å². The van der Waals surface area contributed by atoms with Crippen molar-refractivity contribution in [2.24, 2.45) is 22.4 Å². The van der Waals surface area contributed by atoms with Crippen LogP contribution >= 0.6 is 0 Å². The lowest BCUT2D eigenvalue weighted by Crippen LogP contribution is -2.23. The van der Waals surface area contributed by atoms with Gasteiger partial charge in [0.05, 0.1) is 13.2 Å². The topological polar surface area (TPSA) is 99.9 Å². The highest BCUT2D eigenvalue weighted by Crippen LogP contribution is 2.29. The molecule has 0 saturated carbocycles. The fourth-order valence-electron chi connectivity index (χ4n) is 3.36. The number of guanidine groups is 1. The van der Waals surface area contributed by atoms with Gasteiger partial charge in [-0.1, -0.05) is 6.07 Å². The summed E-state index contributed by atoms with van der Waals surface area (Å²) in [6, 6.07) is 6.33. The summed E-state index contributed by atoms with van der Waals surface area (Å²) >= 11 is 0. The molecular weight excluding hydrogens is 330 g/mol. The minimum absolute atomic E-state index is 0.0818. The van der Waals surface area contributed by atoms with Gasteiger partial charge in [-0.2, -0.15) is 0 Å². The molecule has 0 heterocycles. The molecule has 0 aromatic heterocycles. The van der Waals surface area contributed by atoms with E-state index in [0.29, 0.717) is 32.1 Å². The van der Waals surface area contributed by atoms with Crippen LogP contribution in [0.4, 0.5) is 0 Å². The van der Waals surface area contributed by atoms with Crippen LogP contribution in [-0.2, 0) is 22.4 Å².